The minimum absolute atomic E-state index is 0.0614. The molecule has 0 bridgehead atoms. The maximum atomic E-state index is 12.3. The lowest BCUT2D eigenvalue weighted by molar-refractivity contribution is -0.147. The molecule has 6 heteroatoms. The largest absolute Gasteiger partial charge is 0.466 e. The van der Waals surface area contributed by atoms with Gasteiger partial charge >= 0.3 is 5.97 Å². The van der Waals surface area contributed by atoms with E-state index in [1.54, 1.807) is 11.8 Å². The molecular weight excluding hydrogens is 340 g/mol. The maximum absolute atomic E-state index is 12.3. The van der Waals surface area contributed by atoms with Crippen LogP contribution in [-0.4, -0.2) is 38.1 Å². The second-order valence-corrected chi connectivity index (χ2v) is 7.37. The summed E-state index contributed by atoms with van der Waals surface area (Å²) in [4.78, 5) is 28.1. The molecule has 1 aromatic carbocycles. The molecule has 2 heterocycles. The van der Waals surface area contributed by atoms with Crippen LogP contribution < -0.4 is 9.80 Å². The Morgan fingerprint density at radius 3 is 2.68 bits per heavy atom. The minimum Gasteiger partial charge on any atom is -0.466 e. The Morgan fingerprint density at radius 1 is 1.32 bits per heavy atom. The van der Waals surface area contributed by atoms with E-state index in [0.29, 0.717) is 18.2 Å². The van der Waals surface area contributed by atoms with Crippen LogP contribution in [0.2, 0.25) is 5.02 Å². The van der Waals surface area contributed by atoms with Gasteiger partial charge in [-0.25, -0.2) is 0 Å². The van der Waals surface area contributed by atoms with Gasteiger partial charge in [0.05, 0.1) is 23.2 Å². The van der Waals surface area contributed by atoms with E-state index < -0.39 is 5.92 Å². The van der Waals surface area contributed by atoms with Crippen molar-refractivity contribution < 1.29 is 14.3 Å². The molecule has 0 N–H and O–H groups in total. The van der Waals surface area contributed by atoms with Crippen molar-refractivity contribution in [3.05, 3.63) is 23.2 Å². The van der Waals surface area contributed by atoms with Gasteiger partial charge in [0.1, 0.15) is 0 Å². The molecular formula is C19H25ClN2O3. The van der Waals surface area contributed by atoms with Crippen LogP contribution >= 0.6 is 11.6 Å². The SMILES string of the molecule is CCOC(=O)[C@H]1CC(=O)N(c2ccc(N3CCC(C)CC3)c(Cl)c2)C1. The number of halogens is 1. The van der Waals surface area contributed by atoms with Crippen molar-refractivity contribution in [3.8, 4) is 0 Å². The number of carbonyl (C=O) groups excluding carboxylic acids is 2. The molecule has 5 nitrogen and oxygen atoms in total. The van der Waals surface area contributed by atoms with Crippen molar-refractivity contribution in [1.29, 1.82) is 0 Å². The Morgan fingerprint density at radius 2 is 2.04 bits per heavy atom. The quantitative estimate of drug-likeness (QED) is 0.767. The number of piperidine rings is 1. The second-order valence-electron chi connectivity index (χ2n) is 6.96. The zero-order valence-corrected chi connectivity index (χ0v) is 15.6. The van der Waals surface area contributed by atoms with Crippen LogP contribution in [0.15, 0.2) is 18.2 Å². The summed E-state index contributed by atoms with van der Waals surface area (Å²) in [5, 5.41) is 0.652. The average molecular weight is 365 g/mol. The average Bonchev–Trinajstić information content (AvgIpc) is 2.98. The van der Waals surface area contributed by atoms with Gasteiger partial charge in [-0.05, 0) is 43.9 Å². The lowest BCUT2D eigenvalue weighted by atomic mass is 9.99. The molecule has 0 saturated carbocycles. The number of anilines is 2. The zero-order valence-electron chi connectivity index (χ0n) is 14.8. The zero-order chi connectivity index (χ0) is 18.0. The van der Waals surface area contributed by atoms with Gasteiger partial charge in [0, 0.05) is 31.7 Å². The first-order valence-electron chi connectivity index (χ1n) is 9.01. The molecule has 0 radical (unpaired) electrons. The number of hydrogen-bond donors (Lipinski definition) is 0. The third-order valence-corrected chi connectivity index (χ3v) is 5.41. The normalized spacial score (nSPS) is 21.7. The fourth-order valence-electron chi connectivity index (χ4n) is 3.54. The van der Waals surface area contributed by atoms with Gasteiger partial charge in [-0.3, -0.25) is 9.59 Å². The molecule has 3 rings (SSSR count). The standard InChI is InChI=1S/C19H25ClN2O3/c1-3-25-19(24)14-10-18(23)22(12-14)15-4-5-17(16(20)11-15)21-8-6-13(2)7-9-21/h4-5,11,13-14H,3,6-10,12H2,1-2H3/t14-/m0/s1. The van der Waals surface area contributed by atoms with Crippen molar-refractivity contribution in [2.24, 2.45) is 11.8 Å². The fourth-order valence-corrected chi connectivity index (χ4v) is 3.84. The summed E-state index contributed by atoms with van der Waals surface area (Å²) in [6, 6.07) is 5.74. The van der Waals surface area contributed by atoms with E-state index in [1.807, 2.05) is 18.2 Å². The molecule has 2 fully saturated rings. The van der Waals surface area contributed by atoms with Crippen LogP contribution in [0.1, 0.15) is 33.1 Å². The van der Waals surface area contributed by atoms with Crippen molar-refractivity contribution in [2.75, 3.05) is 36.0 Å². The monoisotopic (exact) mass is 364 g/mol. The van der Waals surface area contributed by atoms with Crippen molar-refractivity contribution >= 4 is 34.9 Å². The first kappa shape index (κ1) is 18.1. The Hall–Kier alpha value is -1.75. The molecule has 2 aliphatic heterocycles. The van der Waals surface area contributed by atoms with Gasteiger partial charge < -0.3 is 14.5 Å². The van der Waals surface area contributed by atoms with Crippen LogP contribution in [0.3, 0.4) is 0 Å². The number of benzene rings is 1. The highest BCUT2D eigenvalue weighted by molar-refractivity contribution is 6.33. The number of hydrogen-bond acceptors (Lipinski definition) is 4. The van der Waals surface area contributed by atoms with E-state index in [0.717, 1.165) is 30.4 Å². The summed E-state index contributed by atoms with van der Waals surface area (Å²) < 4.78 is 5.04. The summed E-state index contributed by atoms with van der Waals surface area (Å²) in [6.45, 7) is 6.75. The summed E-state index contributed by atoms with van der Waals surface area (Å²) in [7, 11) is 0. The van der Waals surface area contributed by atoms with E-state index in [-0.39, 0.29) is 18.3 Å². The molecule has 0 aliphatic carbocycles. The molecule has 2 aliphatic rings. The maximum Gasteiger partial charge on any atom is 0.311 e. The molecule has 1 atom stereocenters. The third-order valence-electron chi connectivity index (χ3n) is 5.11. The highest BCUT2D eigenvalue weighted by Crippen LogP contribution is 2.35. The van der Waals surface area contributed by atoms with Gasteiger partial charge in [0.2, 0.25) is 5.91 Å². The van der Waals surface area contributed by atoms with E-state index in [9.17, 15) is 9.59 Å². The summed E-state index contributed by atoms with van der Waals surface area (Å²) >= 11 is 6.50. The van der Waals surface area contributed by atoms with E-state index >= 15 is 0 Å². The Bertz CT molecular complexity index is 656. The predicted molar refractivity (Wildman–Crippen MR) is 99.2 cm³/mol. The first-order chi connectivity index (χ1) is 12.0. The summed E-state index contributed by atoms with van der Waals surface area (Å²) in [5.41, 5.74) is 1.77. The van der Waals surface area contributed by atoms with E-state index in [4.69, 9.17) is 16.3 Å². The van der Waals surface area contributed by atoms with Crippen molar-refractivity contribution in [3.63, 3.8) is 0 Å². The van der Waals surface area contributed by atoms with E-state index in [1.165, 1.54) is 12.8 Å². The number of rotatable bonds is 4. The molecule has 2 saturated heterocycles. The van der Waals surface area contributed by atoms with Crippen LogP contribution in [0, 0.1) is 11.8 Å². The summed E-state index contributed by atoms with van der Waals surface area (Å²) in [6.07, 6.45) is 2.54. The van der Waals surface area contributed by atoms with Crippen molar-refractivity contribution in [1.82, 2.24) is 0 Å². The van der Waals surface area contributed by atoms with Crippen LogP contribution in [0.5, 0.6) is 0 Å². The fraction of sp³-hybridized carbons (Fsp3) is 0.579. The highest BCUT2D eigenvalue weighted by atomic mass is 35.5. The lowest BCUT2D eigenvalue weighted by Crippen LogP contribution is -2.33. The molecule has 25 heavy (non-hydrogen) atoms. The van der Waals surface area contributed by atoms with Gasteiger partial charge in [-0.15, -0.1) is 0 Å². The summed E-state index contributed by atoms with van der Waals surface area (Å²) in [5.74, 6) is 0.00276. The number of esters is 1. The van der Waals surface area contributed by atoms with Gasteiger partial charge in [-0.1, -0.05) is 18.5 Å². The van der Waals surface area contributed by atoms with Gasteiger partial charge in [0.15, 0.2) is 0 Å². The Labute approximate surface area is 153 Å². The number of nitrogens with zero attached hydrogens (tertiary/aromatic N) is 2. The third kappa shape index (κ3) is 3.92. The Kier molecular flexibility index (Phi) is 5.52. The predicted octanol–water partition coefficient (Wildman–Crippen LogP) is 3.49. The van der Waals surface area contributed by atoms with Crippen LogP contribution in [-0.2, 0) is 14.3 Å². The van der Waals surface area contributed by atoms with Crippen LogP contribution in [0.4, 0.5) is 11.4 Å². The molecule has 136 valence electrons. The van der Waals surface area contributed by atoms with E-state index in [2.05, 4.69) is 11.8 Å². The second kappa shape index (κ2) is 7.65. The van der Waals surface area contributed by atoms with Crippen LogP contribution in [0.25, 0.3) is 0 Å². The molecule has 0 spiro atoms. The first-order valence-corrected chi connectivity index (χ1v) is 9.39. The number of amides is 1. The van der Waals surface area contributed by atoms with Crippen molar-refractivity contribution in [2.45, 2.75) is 33.1 Å². The van der Waals surface area contributed by atoms with Gasteiger partial charge in [-0.2, -0.15) is 0 Å². The lowest BCUT2D eigenvalue weighted by Gasteiger charge is -2.33. The highest BCUT2D eigenvalue weighted by Gasteiger charge is 2.36. The molecule has 1 aromatic rings. The number of carbonyl (C=O) groups is 2. The molecule has 0 unspecified atom stereocenters. The topological polar surface area (TPSA) is 49.9 Å². The molecule has 0 aromatic heterocycles. The number of ether oxygens (including phenoxy) is 1. The molecule has 1 amide bonds. The Balaban J connectivity index is 1.72. The van der Waals surface area contributed by atoms with Gasteiger partial charge in [0.25, 0.3) is 0 Å². The smallest absolute Gasteiger partial charge is 0.311 e. The minimum atomic E-state index is -0.394.